The number of halogens is 2. The largest absolute Gasteiger partial charge is 0.320 e. The summed E-state index contributed by atoms with van der Waals surface area (Å²) in [6, 6.07) is 9.74. The number of hydrogen-bond donors (Lipinski definition) is 1. The quantitative estimate of drug-likeness (QED) is 0.771. The second-order valence-corrected chi connectivity index (χ2v) is 5.76. The standard InChI is InChI=1S/C16H11Cl2N3O2/c1-21-14-9(3-2-6-19-14)7-11(16(21)23)15(22)20-13-5-4-10(17)8-12(13)18/h2-8H,1H3,(H,20,22). The first-order valence-corrected chi connectivity index (χ1v) is 7.44. The van der Waals surface area contributed by atoms with Crippen molar-refractivity contribution < 1.29 is 4.79 Å². The molecular weight excluding hydrogens is 337 g/mol. The molecule has 3 aromatic rings. The molecule has 1 amide bonds. The summed E-state index contributed by atoms with van der Waals surface area (Å²) in [5.41, 5.74) is 0.478. The minimum atomic E-state index is -0.541. The lowest BCUT2D eigenvalue weighted by atomic mass is 10.2. The molecule has 0 fully saturated rings. The number of benzene rings is 1. The Balaban J connectivity index is 2.04. The third-order valence-corrected chi connectivity index (χ3v) is 3.94. The van der Waals surface area contributed by atoms with Crippen LogP contribution in [0, 0.1) is 0 Å². The Labute approximate surface area is 141 Å². The van der Waals surface area contributed by atoms with E-state index in [2.05, 4.69) is 10.3 Å². The van der Waals surface area contributed by atoms with Crippen molar-refractivity contribution in [2.75, 3.05) is 5.32 Å². The number of amides is 1. The Morgan fingerprint density at radius 1 is 1.22 bits per heavy atom. The van der Waals surface area contributed by atoms with E-state index in [0.717, 1.165) is 0 Å². The summed E-state index contributed by atoms with van der Waals surface area (Å²) in [5, 5.41) is 4.07. The molecule has 3 rings (SSSR count). The van der Waals surface area contributed by atoms with Gasteiger partial charge in [-0.2, -0.15) is 0 Å². The third kappa shape index (κ3) is 2.93. The fourth-order valence-corrected chi connectivity index (χ4v) is 2.70. The lowest BCUT2D eigenvalue weighted by molar-refractivity contribution is 0.102. The molecule has 0 saturated carbocycles. The van der Waals surface area contributed by atoms with Crippen LogP contribution in [0.3, 0.4) is 0 Å². The Morgan fingerprint density at radius 3 is 2.74 bits per heavy atom. The van der Waals surface area contributed by atoms with Gasteiger partial charge in [0.15, 0.2) is 0 Å². The monoisotopic (exact) mass is 347 g/mol. The summed E-state index contributed by atoms with van der Waals surface area (Å²) >= 11 is 11.9. The normalized spacial score (nSPS) is 10.7. The molecule has 2 heterocycles. The molecule has 0 radical (unpaired) electrons. The smallest absolute Gasteiger partial charge is 0.264 e. The molecule has 5 nitrogen and oxygen atoms in total. The topological polar surface area (TPSA) is 64.0 Å². The molecule has 2 aromatic heterocycles. The van der Waals surface area contributed by atoms with Crippen molar-refractivity contribution in [1.82, 2.24) is 9.55 Å². The summed E-state index contributed by atoms with van der Waals surface area (Å²) in [6.45, 7) is 0. The fourth-order valence-electron chi connectivity index (χ4n) is 2.24. The van der Waals surface area contributed by atoms with Gasteiger partial charge < -0.3 is 5.32 Å². The molecule has 23 heavy (non-hydrogen) atoms. The molecule has 0 aliphatic heterocycles. The van der Waals surface area contributed by atoms with Gasteiger partial charge in [-0.3, -0.25) is 14.2 Å². The number of nitrogens with one attached hydrogen (secondary N) is 1. The van der Waals surface area contributed by atoms with Gasteiger partial charge in [0.1, 0.15) is 11.2 Å². The Kier molecular flexibility index (Phi) is 4.07. The zero-order valence-electron chi connectivity index (χ0n) is 12.0. The number of hydrogen-bond acceptors (Lipinski definition) is 3. The van der Waals surface area contributed by atoms with Crippen LogP contribution in [0.1, 0.15) is 10.4 Å². The van der Waals surface area contributed by atoms with Crippen LogP contribution < -0.4 is 10.9 Å². The molecule has 116 valence electrons. The number of carbonyl (C=O) groups is 1. The number of aromatic nitrogens is 2. The highest BCUT2D eigenvalue weighted by Crippen LogP contribution is 2.25. The van der Waals surface area contributed by atoms with E-state index in [9.17, 15) is 9.59 Å². The van der Waals surface area contributed by atoms with E-state index in [1.165, 1.54) is 16.7 Å². The lowest BCUT2D eigenvalue weighted by Crippen LogP contribution is -2.28. The van der Waals surface area contributed by atoms with Crippen LogP contribution in [0.15, 0.2) is 47.4 Å². The first kappa shape index (κ1) is 15.5. The average molecular weight is 348 g/mol. The van der Waals surface area contributed by atoms with Gasteiger partial charge in [-0.05, 0) is 36.4 Å². The summed E-state index contributed by atoms with van der Waals surface area (Å²) in [6.07, 6.45) is 1.59. The zero-order valence-corrected chi connectivity index (χ0v) is 13.5. The van der Waals surface area contributed by atoms with Crippen molar-refractivity contribution in [1.29, 1.82) is 0 Å². The third-order valence-electron chi connectivity index (χ3n) is 3.39. The highest BCUT2D eigenvalue weighted by atomic mass is 35.5. The SMILES string of the molecule is Cn1c(=O)c(C(=O)Nc2ccc(Cl)cc2Cl)cc2cccnc21. The molecule has 0 aliphatic carbocycles. The number of pyridine rings is 2. The van der Waals surface area contributed by atoms with Crippen LogP contribution in [-0.2, 0) is 7.05 Å². The van der Waals surface area contributed by atoms with Gasteiger partial charge in [0.2, 0.25) is 0 Å². The van der Waals surface area contributed by atoms with E-state index in [-0.39, 0.29) is 5.56 Å². The predicted molar refractivity (Wildman–Crippen MR) is 91.4 cm³/mol. The van der Waals surface area contributed by atoms with Crippen molar-refractivity contribution in [2.24, 2.45) is 7.05 Å². The number of rotatable bonds is 2. The molecule has 0 bridgehead atoms. The van der Waals surface area contributed by atoms with Crippen LogP contribution >= 0.6 is 23.2 Å². The van der Waals surface area contributed by atoms with E-state index in [1.807, 2.05) is 0 Å². The van der Waals surface area contributed by atoms with Crippen molar-refractivity contribution >= 4 is 45.8 Å². The van der Waals surface area contributed by atoms with Gasteiger partial charge in [-0.15, -0.1) is 0 Å². The molecule has 0 aliphatic rings. The first-order valence-electron chi connectivity index (χ1n) is 6.68. The van der Waals surface area contributed by atoms with Gasteiger partial charge in [-0.25, -0.2) is 4.98 Å². The summed E-state index contributed by atoms with van der Waals surface area (Å²) < 4.78 is 1.34. The highest BCUT2D eigenvalue weighted by Gasteiger charge is 2.16. The molecular formula is C16H11Cl2N3O2. The van der Waals surface area contributed by atoms with Crippen LogP contribution in [0.2, 0.25) is 10.0 Å². The average Bonchev–Trinajstić information content (AvgIpc) is 2.53. The van der Waals surface area contributed by atoms with Crippen molar-refractivity contribution in [2.45, 2.75) is 0 Å². The predicted octanol–water partition coefficient (Wildman–Crippen LogP) is 3.49. The molecule has 0 saturated heterocycles. The maximum atomic E-state index is 12.4. The number of anilines is 1. The van der Waals surface area contributed by atoms with E-state index >= 15 is 0 Å². The number of fused-ring (bicyclic) bond motifs is 1. The van der Waals surface area contributed by atoms with Gasteiger partial charge in [0.25, 0.3) is 11.5 Å². The number of carbonyl (C=O) groups excluding carboxylic acids is 1. The van der Waals surface area contributed by atoms with E-state index < -0.39 is 11.5 Å². The minimum absolute atomic E-state index is 0.0130. The van der Waals surface area contributed by atoms with E-state index in [4.69, 9.17) is 23.2 Å². The Morgan fingerprint density at radius 2 is 2.00 bits per heavy atom. The van der Waals surface area contributed by atoms with Crippen LogP contribution in [0.25, 0.3) is 11.0 Å². The van der Waals surface area contributed by atoms with Gasteiger partial charge in [0, 0.05) is 23.7 Å². The first-order chi connectivity index (χ1) is 11.0. The molecule has 0 unspecified atom stereocenters. The second-order valence-electron chi connectivity index (χ2n) is 4.92. The maximum Gasteiger partial charge on any atom is 0.264 e. The molecule has 1 N–H and O–H groups in total. The molecule has 0 spiro atoms. The zero-order chi connectivity index (χ0) is 16.6. The van der Waals surface area contributed by atoms with E-state index in [0.29, 0.717) is 26.8 Å². The van der Waals surface area contributed by atoms with Crippen molar-refractivity contribution in [3.05, 3.63) is 68.6 Å². The fraction of sp³-hybridized carbons (Fsp3) is 0.0625. The van der Waals surface area contributed by atoms with E-state index in [1.54, 1.807) is 37.5 Å². The van der Waals surface area contributed by atoms with Gasteiger partial charge in [-0.1, -0.05) is 23.2 Å². The highest BCUT2D eigenvalue weighted by molar-refractivity contribution is 6.36. The van der Waals surface area contributed by atoms with Gasteiger partial charge >= 0.3 is 0 Å². The summed E-state index contributed by atoms with van der Waals surface area (Å²) in [5.74, 6) is -0.541. The number of aryl methyl sites for hydroxylation is 1. The second kappa shape index (κ2) is 6.02. The van der Waals surface area contributed by atoms with Crippen LogP contribution in [-0.4, -0.2) is 15.5 Å². The van der Waals surface area contributed by atoms with Crippen LogP contribution in [0.4, 0.5) is 5.69 Å². The molecule has 1 aromatic carbocycles. The van der Waals surface area contributed by atoms with Crippen molar-refractivity contribution in [3.8, 4) is 0 Å². The molecule has 7 heteroatoms. The van der Waals surface area contributed by atoms with Gasteiger partial charge in [0.05, 0.1) is 10.7 Å². The van der Waals surface area contributed by atoms with Crippen molar-refractivity contribution in [3.63, 3.8) is 0 Å². The Bertz CT molecular complexity index is 983. The maximum absolute atomic E-state index is 12.4. The number of nitrogens with zero attached hydrogens (tertiary/aromatic N) is 2. The Hall–Kier alpha value is -2.37. The van der Waals surface area contributed by atoms with Crippen LogP contribution in [0.5, 0.6) is 0 Å². The molecule has 0 atom stereocenters. The summed E-state index contributed by atoms with van der Waals surface area (Å²) in [7, 11) is 1.57. The summed E-state index contributed by atoms with van der Waals surface area (Å²) in [4.78, 5) is 28.9. The minimum Gasteiger partial charge on any atom is -0.320 e. The lowest BCUT2D eigenvalue weighted by Gasteiger charge is -2.10.